The molecule has 0 heterocycles. The van der Waals surface area contributed by atoms with E-state index in [0.717, 1.165) is 37.2 Å². The zero-order valence-corrected chi connectivity index (χ0v) is 31.5. The molecule has 0 saturated heterocycles. The Hall–Kier alpha value is -3.02. The molecule has 2 aromatic carbocycles. The Morgan fingerprint density at radius 3 is 1.08 bits per heavy atom. The highest BCUT2D eigenvalue weighted by molar-refractivity contribution is 5.69. The number of benzene rings is 2. The van der Waals surface area contributed by atoms with Gasteiger partial charge in [0.15, 0.2) is 0 Å². The van der Waals surface area contributed by atoms with Crippen LogP contribution in [0.4, 0.5) is 0 Å². The van der Waals surface area contributed by atoms with Crippen LogP contribution in [0, 0.1) is 0 Å². The molecule has 2 aromatic rings. The van der Waals surface area contributed by atoms with E-state index < -0.39 is 0 Å². The van der Waals surface area contributed by atoms with E-state index in [1.165, 1.54) is 101 Å². The molecule has 276 valence electrons. The lowest BCUT2D eigenvalue weighted by Gasteiger charge is -2.26. The van der Waals surface area contributed by atoms with Crippen molar-refractivity contribution < 1.29 is 28.5 Å². The van der Waals surface area contributed by atoms with Gasteiger partial charge in [-0.1, -0.05) is 155 Å². The van der Waals surface area contributed by atoms with Gasteiger partial charge in [0.2, 0.25) is 0 Å². The van der Waals surface area contributed by atoms with Crippen LogP contribution in [0.3, 0.4) is 0 Å². The zero-order chi connectivity index (χ0) is 35.4. The second-order valence-electron chi connectivity index (χ2n) is 14.0. The quantitative estimate of drug-likeness (QED) is 0.0604. The zero-order valence-electron chi connectivity index (χ0n) is 31.5. The van der Waals surface area contributed by atoms with Crippen molar-refractivity contribution in [1.82, 2.24) is 0 Å². The average molecular weight is 681 g/mol. The van der Waals surface area contributed by atoms with E-state index in [2.05, 4.69) is 52.0 Å². The van der Waals surface area contributed by atoms with Crippen molar-refractivity contribution in [2.45, 2.75) is 162 Å². The second kappa shape index (κ2) is 26.8. The molecule has 49 heavy (non-hydrogen) atoms. The minimum Gasteiger partial charge on any atom is -0.490 e. The van der Waals surface area contributed by atoms with Crippen LogP contribution in [-0.4, -0.2) is 38.4 Å². The maximum atomic E-state index is 12.0. The van der Waals surface area contributed by atoms with Gasteiger partial charge in [-0.2, -0.15) is 0 Å². The molecule has 0 radical (unpaired) electrons. The maximum Gasteiger partial charge on any atom is 0.305 e. The average Bonchev–Trinajstić information content (AvgIpc) is 3.11. The topological polar surface area (TPSA) is 71.1 Å². The number of carbonyl (C=O) groups is 2. The van der Waals surface area contributed by atoms with Gasteiger partial charge in [0.25, 0.3) is 0 Å². The lowest BCUT2D eigenvalue weighted by atomic mass is 9.78. The van der Waals surface area contributed by atoms with Gasteiger partial charge < -0.3 is 18.9 Å². The number of rotatable bonds is 30. The predicted octanol–water partition coefficient (Wildman–Crippen LogP) is 11.7. The van der Waals surface area contributed by atoms with Crippen LogP contribution in [0.25, 0.3) is 0 Å². The fourth-order valence-corrected chi connectivity index (χ4v) is 6.04. The molecule has 0 amide bonds. The van der Waals surface area contributed by atoms with Crippen LogP contribution in [-0.2, 0) is 24.5 Å². The van der Waals surface area contributed by atoms with Gasteiger partial charge in [0.05, 0.1) is 0 Å². The summed E-state index contributed by atoms with van der Waals surface area (Å²) in [5.41, 5.74) is 2.12. The fraction of sp³-hybridized carbons (Fsp3) is 0.674. The Morgan fingerprint density at radius 2 is 0.755 bits per heavy atom. The molecule has 0 spiro atoms. The van der Waals surface area contributed by atoms with Gasteiger partial charge in [0, 0.05) is 18.3 Å². The van der Waals surface area contributed by atoms with Gasteiger partial charge in [0.1, 0.15) is 37.9 Å². The van der Waals surface area contributed by atoms with Gasteiger partial charge in [-0.3, -0.25) is 9.59 Å². The van der Waals surface area contributed by atoms with Crippen LogP contribution in [0.5, 0.6) is 11.5 Å². The van der Waals surface area contributed by atoms with E-state index in [4.69, 9.17) is 18.9 Å². The minimum absolute atomic E-state index is 0.136. The summed E-state index contributed by atoms with van der Waals surface area (Å²) < 4.78 is 22.4. The first kappa shape index (κ1) is 42.1. The molecule has 0 aromatic heterocycles. The van der Waals surface area contributed by atoms with Crippen molar-refractivity contribution in [2.75, 3.05) is 26.4 Å². The van der Waals surface area contributed by atoms with Crippen LogP contribution >= 0.6 is 0 Å². The molecular weight excluding hydrogens is 612 g/mol. The van der Waals surface area contributed by atoms with Gasteiger partial charge in [-0.05, 0) is 48.2 Å². The number of hydrogen-bond donors (Lipinski definition) is 0. The standard InChI is InChI=1S/C43H68O6/c1-5-7-9-11-13-15-17-19-21-23-41(44)48-35-33-46-39-29-25-37(26-30-39)43(3,4)38-27-31-40(32-28-38)47-34-36-49-42(45)24-22-20-18-16-14-12-10-8-6-2/h25-32H,5-24,33-36H2,1-4H3. The Bertz CT molecular complexity index is 1020. The molecule has 0 bridgehead atoms. The molecule has 0 aliphatic carbocycles. The van der Waals surface area contributed by atoms with Crippen LogP contribution < -0.4 is 9.47 Å². The predicted molar refractivity (Wildman–Crippen MR) is 202 cm³/mol. The largest absolute Gasteiger partial charge is 0.490 e. The van der Waals surface area contributed by atoms with E-state index >= 15 is 0 Å². The normalized spacial score (nSPS) is 11.3. The van der Waals surface area contributed by atoms with E-state index in [1.54, 1.807) is 0 Å². The maximum absolute atomic E-state index is 12.0. The summed E-state index contributed by atoms with van der Waals surface area (Å²) in [4.78, 5) is 24.1. The third kappa shape index (κ3) is 19.7. The Kier molecular flexibility index (Phi) is 23.0. The van der Waals surface area contributed by atoms with Crippen molar-refractivity contribution in [3.63, 3.8) is 0 Å². The van der Waals surface area contributed by atoms with Gasteiger partial charge >= 0.3 is 11.9 Å². The molecule has 6 nitrogen and oxygen atoms in total. The summed E-state index contributed by atoms with van der Waals surface area (Å²) in [7, 11) is 0. The molecule has 2 rings (SSSR count). The molecule has 0 saturated carbocycles. The summed E-state index contributed by atoms with van der Waals surface area (Å²) >= 11 is 0. The van der Waals surface area contributed by atoms with Gasteiger partial charge in [-0.15, -0.1) is 0 Å². The van der Waals surface area contributed by atoms with Crippen LogP contribution in [0.1, 0.15) is 167 Å². The molecule has 0 aliphatic rings. The van der Waals surface area contributed by atoms with Crippen molar-refractivity contribution >= 4 is 11.9 Å². The highest BCUT2D eigenvalue weighted by Gasteiger charge is 2.23. The first-order chi connectivity index (χ1) is 23.9. The van der Waals surface area contributed by atoms with E-state index in [-0.39, 0.29) is 30.6 Å². The lowest BCUT2D eigenvalue weighted by Crippen LogP contribution is -2.19. The van der Waals surface area contributed by atoms with Crippen molar-refractivity contribution in [1.29, 1.82) is 0 Å². The van der Waals surface area contributed by atoms with E-state index in [9.17, 15) is 9.59 Å². The number of esters is 2. The molecule has 0 unspecified atom stereocenters. The lowest BCUT2D eigenvalue weighted by molar-refractivity contribution is -0.145. The monoisotopic (exact) mass is 681 g/mol. The fourth-order valence-electron chi connectivity index (χ4n) is 6.04. The van der Waals surface area contributed by atoms with Crippen LogP contribution in [0.2, 0.25) is 0 Å². The molecular formula is C43H68O6. The number of hydrogen-bond acceptors (Lipinski definition) is 6. The first-order valence-electron chi connectivity index (χ1n) is 19.6. The minimum atomic E-state index is -0.216. The Labute approximate surface area is 299 Å². The van der Waals surface area contributed by atoms with Crippen molar-refractivity contribution in [2.24, 2.45) is 0 Å². The highest BCUT2D eigenvalue weighted by Crippen LogP contribution is 2.33. The van der Waals surface area contributed by atoms with Crippen LogP contribution in [0.15, 0.2) is 48.5 Å². The van der Waals surface area contributed by atoms with Crippen molar-refractivity contribution in [3.8, 4) is 11.5 Å². The summed E-state index contributed by atoms with van der Waals surface area (Å²) in [6, 6.07) is 16.2. The molecule has 0 N–H and O–H groups in total. The highest BCUT2D eigenvalue weighted by atomic mass is 16.6. The third-order valence-corrected chi connectivity index (χ3v) is 9.35. The van der Waals surface area contributed by atoms with E-state index in [1.807, 2.05) is 24.3 Å². The molecule has 6 heteroatoms. The summed E-state index contributed by atoms with van der Waals surface area (Å²) in [6.45, 7) is 10.1. The SMILES string of the molecule is CCCCCCCCCCCC(=O)OCCOc1ccc(C(C)(C)c2ccc(OCCOC(=O)CCCCCCCCCCC)cc2)cc1. The second-order valence-corrected chi connectivity index (χ2v) is 14.0. The first-order valence-corrected chi connectivity index (χ1v) is 19.6. The Balaban J connectivity index is 1.57. The summed E-state index contributed by atoms with van der Waals surface area (Å²) in [5, 5.41) is 0. The number of carbonyl (C=O) groups excluding carboxylic acids is 2. The van der Waals surface area contributed by atoms with Crippen molar-refractivity contribution in [3.05, 3.63) is 59.7 Å². The number of unbranched alkanes of at least 4 members (excludes halogenated alkanes) is 16. The number of ether oxygens (including phenoxy) is 4. The molecule has 0 aliphatic heterocycles. The van der Waals surface area contributed by atoms with E-state index in [0.29, 0.717) is 26.1 Å². The Morgan fingerprint density at radius 1 is 0.449 bits per heavy atom. The summed E-state index contributed by atoms with van der Waals surface area (Å²) in [5.74, 6) is 1.24. The molecule has 0 fully saturated rings. The summed E-state index contributed by atoms with van der Waals surface area (Å²) in [6.07, 6.45) is 23.2. The molecule has 0 atom stereocenters. The van der Waals surface area contributed by atoms with Gasteiger partial charge in [-0.25, -0.2) is 0 Å². The third-order valence-electron chi connectivity index (χ3n) is 9.35. The smallest absolute Gasteiger partial charge is 0.305 e.